The molecule has 0 aliphatic carbocycles. The molecule has 4 unspecified atom stereocenters. The molecule has 5 N–H and O–H groups in total. The molecule has 148 valence electrons. The largest absolute Gasteiger partial charge is 0.480 e. The van der Waals surface area contributed by atoms with Crippen LogP contribution in [0.15, 0.2) is 0 Å². The van der Waals surface area contributed by atoms with Crippen LogP contribution < -0.4 is 21.3 Å². The van der Waals surface area contributed by atoms with Crippen LogP contribution in [0, 0.1) is 0 Å². The van der Waals surface area contributed by atoms with Gasteiger partial charge >= 0.3 is 5.97 Å². The van der Waals surface area contributed by atoms with E-state index in [4.69, 9.17) is 5.11 Å². The highest BCUT2D eigenvalue weighted by Crippen LogP contribution is 2.05. The van der Waals surface area contributed by atoms with Crippen molar-refractivity contribution in [2.45, 2.75) is 57.3 Å². The monoisotopic (exact) mass is 388 g/mol. The van der Waals surface area contributed by atoms with Gasteiger partial charge in [-0.05, 0) is 51.7 Å². The second-order valence-corrected chi connectivity index (χ2v) is 7.28. The average molecular weight is 388 g/mol. The lowest BCUT2D eigenvalue weighted by molar-refractivity contribution is -0.142. The number of rotatable bonds is 10. The van der Waals surface area contributed by atoms with E-state index in [-0.39, 0.29) is 11.9 Å². The molecule has 1 aliphatic heterocycles. The first-order valence-electron chi connectivity index (χ1n) is 8.62. The highest BCUT2D eigenvalue weighted by molar-refractivity contribution is 7.98. The van der Waals surface area contributed by atoms with Gasteiger partial charge < -0.3 is 26.4 Å². The maximum absolute atomic E-state index is 12.2. The molecule has 1 heterocycles. The van der Waals surface area contributed by atoms with Crippen LogP contribution >= 0.6 is 11.8 Å². The van der Waals surface area contributed by atoms with Crippen molar-refractivity contribution in [3.63, 3.8) is 0 Å². The molecule has 1 aliphatic rings. The van der Waals surface area contributed by atoms with Crippen molar-refractivity contribution >= 4 is 35.5 Å². The minimum absolute atomic E-state index is 0.245. The molecule has 1 saturated heterocycles. The molecular weight excluding hydrogens is 360 g/mol. The van der Waals surface area contributed by atoms with Crippen molar-refractivity contribution in [1.82, 2.24) is 21.3 Å². The van der Waals surface area contributed by atoms with E-state index in [2.05, 4.69) is 21.3 Å². The molecule has 3 amide bonds. The maximum atomic E-state index is 12.2. The predicted octanol–water partition coefficient (Wildman–Crippen LogP) is -0.930. The average Bonchev–Trinajstić information content (AvgIpc) is 3.12. The first-order valence-corrected chi connectivity index (χ1v) is 10.0. The van der Waals surface area contributed by atoms with Crippen LogP contribution in [0.4, 0.5) is 0 Å². The Morgan fingerprint density at radius 2 is 1.73 bits per heavy atom. The van der Waals surface area contributed by atoms with Crippen LogP contribution in [-0.4, -0.2) is 71.5 Å². The zero-order valence-corrected chi connectivity index (χ0v) is 16.1. The van der Waals surface area contributed by atoms with E-state index in [0.717, 1.165) is 19.4 Å². The van der Waals surface area contributed by atoms with E-state index in [1.54, 1.807) is 0 Å². The lowest BCUT2D eigenvalue weighted by atomic mass is 10.2. The number of carbonyl (C=O) groups is 4. The van der Waals surface area contributed by atoms with Gasteiger partial charge in [0.2, 0.25) is 17.7 Å². The summed E-state index contributed by atoms with van der Waals surface area (Å²) in [7, 11) is 0. The van der Waals surface area contributed by atoms with Crippen molar-refractivity contribution < 1.29 is 24.3 Å². The summed E-state index contributed by atoms with van der Waals surface area (Å²) in [5, 5.41) is 19.7. The fourth-order valence-electron chi connectivity index (χ4n) is 2.48. The van der Waals surface area contributed by atoms with Gasteiger partial charge in [0, 0.05) is 0 Å². The van der Waals surface area contributed by atoms with Crippen molar-refractivity contribution in [2.24, 2.45) is 0 Å². The van der Waals surface area contributed by atoms with Gasteiger partial charge in [0.05, 0.1) is 6.04 Å². The van der Waals surface area contributed by atoms with Gasteiger partial charge in [0.15, 0.2) is 0 Å². The number of hydrogen-bond acceptors (Lipinski definition) is 6. The maximum Gasteiger partial charge on any atom is 0.326 e. The standard InChI is InChI=1S/C16H28N4O5S/c1-9(19-15(23)11-5-4-7-17-11)13(21)18-10(2)14(22)20-12(16(24)25)6-8-26-3/h9-12,17H,4-8H2,1-3H3,(H,18,21)(H,19,23)(H,20,22)(H,24,25). The molecule has 0 saturated carbocycles. The summed E-state index contributed by atoms with van der Waals surface area (Å²) in [4.78, 5) is 47.4. The minimum Gasteiger partial charge on any atom is -0.480 e. The number of amides is 3. The Hall–Kier alpha value is -1.81. The summed E-state index contributed by atoms with van der Waals surface area (Å²) in [5.41, 5.74) is 0. The van der Waals surface area contributed by atoms with Gasteiger partial charge in [0.1, 0.15) is 18.1 Å². The molecule has 0 aromatic rings. The zero-order valence-electron chi connectivity index (χ0n) is 15.3. The molecule has 1 rings (SSSR count). The summed E-state index contributed by atoms with van der Waals surface area (Å²) in [5.74, 6) is -1.85. The third kappa shape index (κ3) is 7.20. The van der Waals surface area contributed by atoms with Crippen molar-refractivity contribution in [1.29, 1.82) is 0 Å². The van der Waals surface area contributed by atoms with E-state index in [9.17, 15) is 19.2 Å². The predicted molar refractivity (Wildman–Crippen MR) is 98.8 cm³/mol. The second-order valence-electron chi connectivity index (χ2n) is 6.29. The first-order chi connectivity index (χ1) is 12.3. The molecule has 1 fully saturated rings. The van der Waals surface area contributed by atoms with Gasteiger partial charge in [-0.15, -0.1) is 0 Å². The Balaban J connectivity index is 2.46. The highest BCUT2D eigenvalue weighted by atomic mass is 32.2. The van der Waals surface area contributed by atoms with Gasteiger partial charge in [0.25, 0.3) is 0 Å². The molecule has 9 nitrogen and oxygen atoms in total. The quantitative estimate of drug-likeness (QED) is 0.326. The van der Waals surface area contributed by atoms with E-state index in [1.807, 2.05) is 6.26 Å². The van der Waals surface area contributed by atoms with Gasteiger partial charge in [-0.25, -0.2) is 4.79 Å². The van der Waals surface area contributed by atoms with Gasteiger partial charge in [-0.3, -0.25) is 14.4 Å². The molecule has 0 aromatic heterocycles. The van der Waals surface area contributed by atoms with Crippen LogP contribution in [0.3, 0.4) is 0 Å². The first kappa shape index (κ1) is 22.2. The molecule has 0 spiro atoms. The number of aliphatic carboxylic acids is 1. The van der Waals surface area contributed by atoms with Crippen molar-refractivity contribution in [2.75, 3.05) is 18.6 Å². The van der Waals surface area contributed by atoms with E-state index in [0.29, 0.717) is 12.2 Å². The molecule has 10 heteroatoms. The number of hydrogen-bond donors (Lipinski definition) is 5. The molecule has 4 atom stereocenters. The summed E-state index contributed by atoms with van der Waals surface area (Å²) >= 11 is 1.48. The number of carboxylic acids is 1. The number of thioether (sulfide) groups is 1. The molecular formula is C16H28N4O5S. The lowest BCUT2D eigenvalue weighted by Gasteiger charge is -2.21. The van der Waals surface area contributed by atoms with Crippen LogP contribution in [-0.2, 0) is 19.2 Å². The summed E-state index contributed by atoms with van der Waals surface area (Å²) in [6.07, 6.45) is 3.78. The Morgan fingerprint density at radius 3 is 2.27 bits per heavy atom. The van der Waals surface area contributed by atoms with E-state index >= 15 is 0 Å². The fraction of sp³-hybridized carbons (Fsp3) is 0.750. The molecule has 26 heavy (non-hydrogen) atoms. The van der Waals surface area contributed by atoms with Crippen molar-refractivity contribution in [3.8, 4) is 0 Å². The van der Waals surface area contributed by atoms with E-state index in [1.165, 1.54) is 25.6 Å². The normalized spacial score (nSPS) is 19.9. The lowest BCUT2D eigenvalue weighted by Crippen LogP contribution is -2.55. The molecule has 0 radical (unpaired) electrons. The summed E-state index contributed by atoms with van der Waals surface area (Å²) < 4.78 is 0. The van der Waals surface area contributed by atoms with Crippen LogP contribution in [0.1, 0.15) is 33.1 Å². The minimum atomic E-state index is -1.12. The fourth-order valence-corrected chi connectivity index (χ4v) is 2.95. The number of nitrogens with one attached hydrogen (secondary N) is 4. The highest BCUT2D eigenvalue weighted by Gasteiger charge is 2.27. The summed E-state index contributed by atoms with van der Waals surface area (Å²) in [6, 6.07) is -3.01. The van der Waals surface area contributed by atoms with Crippen LogP contribution in [0.5, 0.6) is 0 Å². The number of carboxylic acid groups (broad SMARTS) is 1. The van der Waals surface area contributed by atoms with Gasteiger partial charge in [-0.1, -0.05) is 0 Å². The van der Waals surface area contributed by atoms with Gasteiger partial charge in [-0.2, -0.15) is 11.8 Å². The van der Waals surface area contributed by atoms with Crippen LogP contribution in [0.25, 0.3) is 0 Å². The second kappa shape index (κ2) is 11.0. The smallest absolute Gasteiger partial charge is 0.326 e. The molecule has 0 bridgehead atoms. The Labute approximate surface area is 157 Å². The van der Waals surface area contributed by atoms with Crippen molar-refractivity contribution in [3.05, 3.63) is 0 Å². The Morgan fingerprint density at radius 1 is 1.12 bits per heavy atom. The third-order valence-corrected chi connectivity index (χ3v) is 4.75. The topological polar surface area (TPSA) is 137 Å². The Bertz CT molecular complexity index is 525. The SMILES string of the molecule is CSCCC(NC(=O)C(C)NC(=O)C(C)NC(=O)C1CCCN1)C(=O)O. The zero-order chi connectivity index (χ0) is 19.7. The van der Waals surface area contributed by atoms with Crippen LogP contribution in [0.2, 0.25) is 0 Å². The third-order valence-electron chi connectivity index (χ3n) is 4.11. The molecule has 0 aromatic carbocycles. The number of carbonyl (C=O) groups excluding carboxylic acids is 3. The Kier molecular flexibility index (Phi) is 9.42. The van der Waals surface area contributed by atoms with E-state index < -0.39 is 35.9 Å². The summed E-state index contributed by atoms with van der Waals surface area (Å²) in [6.45, 7) is 3.77.